The second-order valence-electron chi connectivity index (χ2n) is 11.1. The molecular formula is C33H63O3. The van der Waals surface area contributed by atoms with E-state index in [1.54, 1.807) is 0 Å². The quantitative estimate of drug-likeness (QED) is 0.0692. The van der Waals surface area contributed by atoms with Gasteiger partial charge in [0.05, 0.1) is 6.61 Å². The lowest BCUT2D eigenvalue weighted by atomic mass is 10.0. The average molecular weight is 508 g/mol. The number of hydrogen-bond acceptors (Lipinski definition) is 3. The van der Waals surface area contributed by atoms with Crippen LogP contribution in [-0.4, -0.2) is 18.9 Å². The molecule has 0 N–H and O–H groups in total. The molecule has 0 amide bonds. The van der Waals surface area contributed by atoms with Crippen molar-refractivity contribution in [3.8, 4) is 0 Å². The summed E-state index contributed by atoms with van der Waals surface area (Å²) in [6, 6.07) is 0. The lowest BCUT2D eigenvalue weighted by molar-refractivity contribution is -0.143. The Labute approximate surface area is 226 Å². The van der Waals surface area contributed by atoms with E-state index in [2.05, 4.69) is 6.92 Å². The molecule has 36 heavy (non-hydrogen) atoms. The van der Waals surface area contributed by atoms with Crippen LogP contribution in [0.1, 0.15) is 193 Å². The Morgan fingerprint density at radius 1 is 0.472 bits per heavy atom. The van der Waals surface area contributed by atoms with Crippen molar-refractivity contribution in [1.29, 1.82) is 0 Å². The average Bonchev–Trinajstić information content (AvgIpc) is 2.88. The summed E-state index contributed by atoms with van der Waals surface area (Å²) in [5.41, 5.74) is 0. The molecule has 0 heterocycles. The predicted molar refractivity (Wildman–Crippen MR) is 156 cm³/mol. The van der Waals surface area contributed by atoms with Gasteiger partial charge in [0.15, 0.2) is 6.29 Å². The van der Waals surface area contributed by atoms with Crippen LogP contribution in [-0.2, 0) is 14.3 Å². The van der Waals surface area contributed by atoms with Gasteiger partial charge in [-0.05, 0) is 19.3 Å². The molecule has 1 radical (unpaired) electrons. The lowest BCUT2D eigenvalue weighted by Gasteiger charge is -2.06. The van der Waals surface area contributed by atoms with Crippen molar-refractivity contribution < 1.29 is 14.3 Å². The molecule has 0 saturated carbocycles. The highest BCUT2D eigenvalue weighted by molar-refractivity contribution is 5.69. The molecule has 0 rings (SSSR count). The van der Waals surface area contributed by atoms with Crippen LogP contribution < -0.4 is 0 Å². The Balaban J connectivity index is 3.14. The Morgan fingerprint density at radius 3 is 1.19 bits per heavy atom. The largest absolute Gasteiger partial charge is 0.466 e. The maximum absolute atomic E-state index is 11.9. The molecule has 0 spiro atoms. The number of unbranched alkanes of at least 4 members (excludes halogenated alkanes) is 26. The van der Waals surface area contributed by atoms with Crippen LogP contribution in [0.3, 0.4) is 0 Å². The van der Waals surface area contributed by atoms with Gasteiger partial charge in [0.1, 0.15) is 0 Å². The SMILES string of the molecule is CCCCCCCCCCCCCCCCCC(=O)OCCCCCCCCCCCCCC[C]=O. The van der Waals surface area contributed by atoms with Crippen molar-refractivity contribution in [2.24, 2.45) is 0 Å². The van der Waals surface area contributed by atoms with Gasteiger partial charge >= 0.3 is 5.97 Å². The lowest BCUT2D eigenvalue weighted by Crippen LogP contribution is -2.05. The van der Waals surface area contributed by atoms with E-state index in [9.17, 15) is 9.59 Å². The van der Waals surface area contributed by atoms with Gasteiger partial charge in [-0.3, -0.25) is 9.59 Å². The second kappa shape index (κ2) is 32.2. The predicted octanol–water partition coefficient (Wildman–Crippen LogP) is 11.0. The minimum Gasteiger partial charge on any atom is -0.466 e. The standard InChI is InChI=1S/C33H63O3/c1-2-3-4-5-6-7-8-9-10-12-15-18-21-24-27-30-33(35)36-32-29-26-23-20-17-14-11-13-16-19-22-25-28-31-34/h2-30,32H2,1H3. The summed E-state index contributed by atoms with van der Waals surface area (Å²) in [5.74, 6) is 0.00832. The normalized spacial score (nSPS) is 11.1. The van der Waals surface area contributed by atoms with Crippen LogP contribution in [0.5, 0.6) is 0 Å². The molecule has 0 aliphatic carbocycles. The van der Waals surface area contributed by atoms with E-state index in [4.69, 9.17) is 4.74 Å². The van der Waals surface area contributed by atoms with E-state index in [0.717, 1.165) is 19.3 Å². The van der Waals surface area contributed by atoms with Crippen LogP contribution in [0.4, 0.5) is 0 Å². The van der Waals surface area contributed by atoms with Crippen LogP contribution >= 0.6 is 0 Å². The third-order valence-electron chi connectivity index (χ3n) is 7.42. The van der Waals surface area contributed by atoms with Gasteiger partial charge in [0.2, 0.25) is 0 Å². The number of esters is 1. The highest BCUT2D eigenvalue weighted by atomic mass is 16.5. The smallest absolute Gasteiger partial charge is 0.305 e. The summed E-state index contributed by atoms with van der Waals surface area (Å²) in [6.45, 7) is 2.89. The number of carbonyl (C=O) groups is 1. The van der Waals surface area contributed by atoms with Crippen LogP contribution in [0, 0.1) is 0 Å². The van der Waals surface area contributed by atoms with E-state index in [1.165, 1.54) is 154 Å². The summed E-state index contributed by atoms with van der Waals surface area (Å²) in [7, 11) is 0. The molecule has 0 aliphatic rings. The molecule has 0 unspecified atom stereocenters. The third-order valence-corrected chi connectivity index (χ3v) is 7.42. The fraction of sp³-hybridized carbons (Fsp3) is 0.939. The number of ether oxygens (including phenoxy) is 1. The summed E-state index contributed by atoms with van der Waals surface area (Å²) < 4.78 is 5.41. The fourth-order valence-electron chi connectivity index (χ4n) is 4.97. The van der Waals surface area contributed by atoms with Crippen LogP contribution in [0.2, 0.25) is 0 Å². The molecule has 3 heteroatoms. The van der Waals surface area contributed by atoms with Gasteiger partial charge in [-0.25, -0.2) is 0 Å². The van der Waals surface area contributed by atoms with Gasteiger partial charge in [-0.1, -0.05) is 161 Å². The Kier molecular flexibility index (Phi) is 31.4. The molecule has 0 fully saturated rings. The molecule has 0 saturated heterocycles. The van der Waals surface area contributed by atoms with Crippen molar-refractivity contribution in [3.63, 3.8) is 0 Å². The van der Waals surface area contributed by atoms with E-state index in [-0.39, 0.29) is 5.97 Å². The molecule has 0 aliphatic heterocycles. The molecule has 3 nitrogen and oxygen atoms in total. The maximum atomic E-state index is 11.9. The summed E-state index contributed by atoms with van der Waals surface area (Å²) >= 11 is 0. The van der Waals surface area contributed by atoms with Crippen molar-refractivity contribution in [2.75, 3.05) is 6.61 Å². The molecule has 0 aromatic heterocycles. The van der Waals surface area contributed by atoms with Gasteiger partial charge in [-0.2, -0.15) is 0 Å². The van der Waals surface area contributed by atoms with Crippen LogP contribution in [0.25, 0.3) is 0 Å². The molecule has 0 aromatic rings. The van der Waals surface area contributed by atoms with E-state index in [0.29, 0.717) is 19.4 Å². The van der Waals surface area contributed by atoms with Crippen molar-refractivity contribution in [1.82, 2.24) is 0 Å². The minimum atomic E-state index is 0.00832. The zero-order valence-corrected chi connectivity index (χ0v) is 24.4. The topological polar surface area (TPSA) is 43.4 Å². The van der Waals surface area contributed by atoms with E-state index >= 15 is 0 Å². The van der Waals surface area contributed by atoms with Crippen molar-refractivity contribution >= 4 is 12.3 Å². The number of rotatable bonds is 31. The summed E-state index contributed by atoms with van der Waals surface area (Å²) in [4.78, 5) is 22.0. The molecule has 0 atom stereocenters. The Hall–Kier alpha value is -0.860. The Morgan fingerprint density at radius 2 is 0.806 bits per heavy atom. The first-order valence-corrected chi connectivity index (χ1v) is 16.3. The van der Waals surface area contributed by atoms with Crippen molar-refractivity contribution in [2.45, 2.75) is 193 Å². The van der Waals surface area contributed by atoms with Gasteiger partial charge in [0.25, 0.3) is 0 Å². The van der Waals surface area contributed by atoms with Crippen LogP contribution in [0.15, 0.2) is 0 Å². The first-order chi connectivity index (χ1) is 17.8. The molecular weight excluding hydrogens is 444 g/mol. The summed E-state index contributed by atoms with van der Waals surface area (Å²) in [6.07, 6.45) is 38.4. The zero-order valence-electron chi connectivity index (χ0n) is 24.4. The maximum Gasteiger partial charge on any atom is 0.305 e. The second-order valence-corrected chi connectivity index (χ2v) is 11.1. The number of hydrogen-bond donors (Lipinski definition) is 0. The number of carbonyl (C=O) groups excluding carboxylic acids is 2. The summed E-state index contributed by atoms with van der Waals surface area (Å²) in [5, 5.41) is 0. The Bertz CT molecular complexity index is 435. The minimum absolute atomic E-state index is 0.00832. The van der Waals surface area contributed by atoms with Crippen molar-refractivity contribution in [3.05, 3.63) is 0 Å². The highest BCUT2D eigenvalue weighted by Crippen LogP contribution is 2.15. The first-order valence-electron chi connectivity index (χ1n) is 16.3. The molecule has 0 aromatic carbocycles. The van der Waals surface area contributed by atoms with Gasteiger partial charge in [0, 0.05) is 12.8 Å². The zero-order chi connectivity index (χ0) is 26.2. The van der Waals surface area contributed by atoms with Gasteiger partial charge in [-0.15, -0.1) is 0 Å². The highest BCUT2D eigenvalue weighted by Gasteiger charge is 2.03. The third kappa shape index (κ3) is 31.2. The van der Waals surface area contributed by atoms with E-state index < -0.39 is 0 Å². The molecule has 213 valence electrons. The monoisotopic (exact) mass is 507 g/mol. The molecule has 0 bridgehead atoms. The van der Waals surface area contributed by atoms with E-state index in [1.807, 2.05) is 6.29 Å². The van der Waals surface area contributed by atoms with Gasteiger partial charge < -0.3 is 4.74 Å². The fourth-order valence-corrected chi connectivity index (χ4v) is 4.97. The first kappa shape index (κ1) is 35.1.